The van der Waals surface area contributed by atoms with Crippen LogP contribution in [0.1, 0.15) is 83.9 Å². The summed E-state index contributed by atoms with van der Waals surface area (Å²) in [7, 11) is 1.29. The quantitative estimate of drug-likeness (QED) is 0.213. The molecule has 4 heteroatoms. The Labute approximate surface area is 214 Å². The molecule has 0 amide bonds. The number of carbonyl (C=O) groups is 2. The Bertz CT molecular complexity index is 1220. The Kier molecular flexibility index (Phi) is 7.35. The van der Waals surface area contributed by atoms with E-state index in [1.165, 1.54) is 36.6 Å². The van der Waals surface area contributed by atoms with E-state index in [1.54, 1.807) is 24.3 Å². The molecule has 1 saturated carbocycles. The van der Waals surface area contributed by atoms with E-state index < -0.39 is 11.9 Å². The highest BCUT2D eigenvalue weighted by Crippen LogP contribution is 2.51. The van der Waals surface area contributed by atoms with Crippen molar-refractivity contribution in [2.24, 2.45) is 11.3 Å². The lowest BCUT2D eigenvalue weighted by atomic mass is 9.63. The van der Waals surface area contributed by atoms with Gasteiger partial charge in [0.1, 0.15) is 5.75 Å². The van der Waals surface area contributed by atoms with Gasteiger partial charge in [-0.1, -0.05) is 81.3 Å². The molecule has 0 heterocycles. The van der Waals surface area contributed by atoms with Gasteiger partial charge in [-0.15, -0.1) is 0 Å². The first-order valence-corrected chi connectivity index (χ1v) is 12.7. The Hall–Kier alpha value is -3.40. The molecular weight excluding hydrogens is 448 g/mol. The van der Waals surface area contributed by atoms with Crippen LogP contribution in [0.5, 0.6) is 5.75 Å². The van der Waals surface area contributed by atoms with Crippen molar-refractivity contribution in [2.45, 2.75) is 58.8 Å². The molecular formula is C32H36O4. The maximum atomic E-state index is 12.9. The van der Waals surface area contributed by atoms with Crippen LogP contribution in [0.25, 0.3) is 0 Å². The Balaban J connectivity index is 1.68. The summed E-state index contributed by atoms with van der Waals surface area (Å²) in [5.74, 6) is -0.104. The number of methoxy groups -OCH3 is 1. The molecule has 0 spiro atoms. The van der Waals surface area contributed by atoms with Gasteiger partial charge in [-0.3, -0.25) is 0 Å². The normalized spacial score (nSPS) is 21.3. The SMILES string of the molecule is COC(=O)c1ccccc1C(=O)Oc1ccc(C2(c3ccc(C)cc3)CC(C)CCC(C)(C)C2)cc1. The highest BCUT2D eigenvalue weighted by molar-refractivity contribution is 6.03. The van der Waals surface area contributed by atoms with E-state index in [9.17, 15) is 9.59 Å². The van der Waals surface area contributed by atoms with Crippen LogP contribution in [0.2, 0.25) is 0 Å². The number of hydrogen-bond acceptors (Lipinski definition) is 4. The molecule has 188 valence electrons. The van der Waals surface area contributed by atoms with Crippen molar-refractivity contribution in [1.82, 2.24) is 0 Å². The third-order valence-corrected chi connectivity index (χ3v) is 7.57. The van der Waals surface area contributed by atoms with Crippen molar-refractivity contribution in [3.05, 3.63) is 101 Å². The third kappa shape index (κ3) is 5.38. The molecule has 0 bridgehead atoms. The predicted octanol–water partition coefficient (Wildman–Crippen LogP) is 7.52. The molecule has 0 radical (unpaired) electrons. The van der Waals surface area contributed by atoms with E-state index >= 15 is 0 Å². The van der Waals surface area contributed by atoms with Crippen molar-refractivity contribution in [3.63, 3.8) is 0 Å². The van der Waals surface area contributed by atoms with Gasteiger partial charge in [0.2, 0.25) is 0 Å². The van der Waals surface area contributed by atoms with Crippen LogP contribution < -0.4 is 4.74 Å². The number of rotatable bonds is 5. The summed E-state index contributed by atoms with van der Waals surface area (Å²) in [5, 5.41) is 0. The smallest absolute Gasteiger partial charge is 0.344 e. The fourth-order valence-electron chi connectivity index (χ4n) is 5.74. The van der Waals surface area contributed by atoms with E-state index in [-0.39, 0.29) is 22.0 Å². The monoisotopic (exact) mass is 484 g/mol. The summed E-state index contributed by atoms with van der Waals surface area (Å²) in [6, 6.07) is 23.4. The van der Waals surface area contributed by atoms with Gasteiger partial charge >= 0.3 is 11.9 Å². The minimum atomic E-state index is -0.582. The van der Waals surface area contributed by atoms with Crippen molar-refractivity contribution >= 4 is 11.9 Å². The molecule has 0 N–H and O–H groups in total. The molecule has 0 saturated heterocycles. The van der Waals surface area contributed by atoms with Gasteiger partial charge in [-0.2, -0.15) is 0 Å². The van der Waals surface area contributed by atoms with Crippen molar-refractivity contribution in [2.75, 3.05) is 7.11 Å². The largest absolute Gasteiger partial charge is 0.465 e. The zero-order valence-electron chi connectivity index (χ0n) is 22.0. The molecule has 2 unspecified atom stereocenters. The minimum Gasteiger partial charge on any atom is -0.465 e. The van der Waals surface area contributed by atoms with Gasteiger partial charge in [-0.05, 0) is 72.9 Å². The molecule has 4 nitrogen and oxygen atoms in total. The molecule has 1 aliphatic carbocycles. The summed E-state index contributed by atoms with van der Waals surface area (Å²) in [4.78, 5) is 25.0. The minimum absolute atomic E-state index is 0.118. The van der Waals surface area contributed by atoms with Crippen LogP contribution in [-0.2, 0) is 10.2 Å². The van der Waals surface area contributed by atoms with Gasteiger partial charge in [0.15, 0.2) is 0 Å². The zero-order valence-corrected chi connectivity index (χ0v) is 22.0. The highest BCUT2D eigenvalue weighted by atomic mass is 16.5. The number of esters is 2. The molecule has 3 aromatic carbocycles. The Morgan fingerprint density at radius 1 is 0.833 bits per heavy atom. The number of aryl methyl sites for hydroxylation is 1. The standard InChI is InChI=1S/C32H36O4/c1-22-10-12-24(13-11-22)32(20-23(2)18-19-31(3,4)21-32)25-14-16-26(17-15-25)36-30(34)28-9-7-6-8-27(28)29(33)35-5/h6-17,23H,18-21H2,1-5H3. The summed E-state index contributed by atoms with van der Waals surface area (Å²) in [6.45, 7) is 9.24. The van der Waals surface area contributed by atoms with Gasteiger partial charge in [0.25, 0.3) is 0 Å². The molecule has 3 aromatic rings. The van der Waals surface area contributed by atoms with Gasteiger partial charge in [0.05, 0.1) is 18.2 Å². The average Bonchev–Trinajstić information content (AvgIpc) is 2.99. The fourth-order valence-corrected chi connectivity index (χ4v) is 5.74. The van der Waals surface area contributed by atoms with E-state index in [0.29, 0.717) is 11.7 Å². The second-order valence-corrected chi connectivity index (χ2v) is 11.1. The molecule has 36 heavy (non-hydrogen) atoms. The zero-order chi connectivity index (χ0) is 25.9. The van der Waals surface area contributed by atoms with Gasteiger partial charge in [0, 0.05) is 5.41 Å². The second kappa shape index (κ2) is 10.3. The lowest BCUT2D eigenvalue weighted by molar-refractivity contribution is 0.0587. The van der Waals surface area contributed by atoms with E-state index in [0.717, 1.165) is 12.8 Å². The molecule has 0 aliphatic heterocycles. The van der Waals surface area contributed by atoms with Gasteiger partial charge in [-0.25, -0.2) is 9.59 Å². The third-order valence-electron chi connectivity index (χ3n) is 7.57. The van der Waals surface area contributed by atoms with Crippen LogP contribution in [-0.4, -0.2) is 19.0 Å². The maximum absolute atomic E-state index is 12.9. The van der Waals surface area contributed by atoms with Gasteiger partial charge < -0.3 is 9.47 Å². The van der Waals surface area contributed by atoms with Crippen LogP contribution in [0.3, 0.4) is 0 Å². The average molecular weight is 485 g/mol. The Morgan fingerprint density at radius 2 is 1.39 bits per heavy atom. The summed E-state index contributed by atoms with van der Waals surface area (Å²) < 4.78 is 10.5. The maximum Gasteiger partial charge on any atom is 0.344 e. The first-order chi connectivity index (χ1) is 17.1. The predicted molar refractivity (Wildman–Crippen MR) is 143 cm³/mol. The lowest BCUT2D eigenvalue weighted by Gasteiger charge is -2.40. The number of carbonyl (C=O) groups excluding carboxylic acids is 2. The Morgan fingerprint density at radius 3 is 1.97 bits per heavy atom. The van der Waals surface area contributed by atoms with Crippen LogP contribution in [0, 0.1) is 18.3 Å². The number of ether oxygens (including phenoxy) is 2. The molecule has 1 fully saturated rings. The molecule has 1 aliphatic rings. The first kappa shape index (κ1) is 25.7. The summed E-state index contributed by atoms with van der Waals surface area (Å²) >= 11 is 0. The lowest BCUT2D eigenvalue weighted by Crippen LogP contribution is -2.33. The molecule has 2 atom stereocenters. The number of benzene rings is 3. The highest BCUT2D eigenvalue weighted by Gasteiger charge is 2.42. The second-order valence-electron chi connectivity index (χ2n) is 11.1. The van der Waals surface area contributed by atoms with Crippen molar-refractivity contribution in [1.29, 1.82) is 0 Å². The van der Waals surface area contributed by atoms with Crippen LogP contribution >= 0.6 is 0 Å². The van der Waals surface area contributed by atoms with Crippen molar-refractivity contribution < 1.29 is 19.1 Å². The van der Waals surface area contributed by atoms with E-state index in [1.807, 2.05) is 12.1 Å². The summed E-state index contributed by atoms with van der Waals surface area (Å²) in [6.07, 6.45) is 4.55. The summed E-state index contributed by atoms with van der Waals surface area (Å²) in [5.41, 5.74) is 4.29. The van der Waals surface area contributed by atoms with E-state index in [4.69, 9.17) is 9.47 Å². The molecule has 0 aromatic heterocycles. The molecule has 4 rings (SSSR count). The first-order valence-electron chi connectivity index (χ1n) is 12.7. The van der Waals surface area contributed by atoms with Crippen molar-refractivity contribution in [3.8, 4) is 5.75 Å². The van der Waals surface area contributed by atoms with Crippen LogP contribution in [0.15, 0.2) is 72.8 Å². The fraction of sp³-hybridized carbons (Fsp3) is 0.375. The topological polar surface area (TPSA) is 52.6 Å². The van der Waals surface area contributed by atoms with Crippen LogP contribution in [0.4, 0.5) is 0 Å². The van der Waals surface area contributed by atoms with E-state index in [2.05, 4.69) is 64.1 Å². The number of hydrogen-bond donors (Lipinski definition) is 0.